The van der Waals surface area contributed by atoms with Crippen molar-refractivity contribution < 1.29 is 37.8 Å². The fourth-order valence-corrected chi connectivity index (χ4v) is 1.41. The molecule has 2 aromatic carbocycles. The third kappa shape index (κ3) is 2.05. The van der Waals surface area contributed by atoms with E-state index in [1.807, 2.05) is 30.3 Å². The molecule has 0 saturated heterocycles. The average Bonchev–Trinajstić information content (AvgIpc) is 2.18. The van der Waals surface area contributed by atoms with Crippen LogP contribution in [0.15, 0.2) is 43.0 Å². The Morgan fingerprint density at radius 1 is 1.14 bits per heavy atom. The van der Waals surface area contributed by atoms with Gasteiger partial charge in [0.2, 0.25) is 0 Å². The van der Waals surface area contributed by atoms with Gasteiger partial charge < -0.3 is 5.11 Å². The van der Waals surface area contributed by atoms with Gasteiger partial charge in [0, 0.05) is 38.1 Å². The summed E-state index contributed by atoms with van der Waals surface area (Å²) in [7, 11) is 0. The quantitative estimate of drug-likeness (QED) is 0.833. The molecule has 0 amide bonds. The van der Waals surface area contributed by atoms with Gasteiger partial charge in [-0.05, 0) is 23.1 Å². The van der Waals surface area contributed by atoms with Crippen molar-refractivity contribution in [1.82, 2.24) is 0 Å². The zero-order valence-corrected chi connectivity index (χ0v) is 10.6. The van der Waals surface area contributed by atoms with E-state index in [9.17, 15) is 5.11 Å². The first-order valence-corrected chi connectivity index (χ1v) is 4.15. The van der Waals surface area contributed by atoms with E-state index in [2.05, 4.69) is 6.58 Å². The maximum absolute atomic E-state index is 9.51. The Kier molecular flexibility index (Phi) is 3.85. The number of rotatable bonds is 1. The second-order valence-electron chi connectivity index (χ2n) is 2.96. The van der Waals surface area contributed by atoms with Gasteiger partial charge in [-0.25, -0.2) is 0 Å². The number of benzene rings is 2. The third-order valence-corrected chi connectivity index (χ3v) is 2.12. The van der Waals surface area contributed by atoms with E-state index < -0.39 is 0 Å². The third-order valence-electron chi connectivity index (χ3n) is 2.12. The molecule has 0 fully saturated rings. The van der Waals surface area contributed by atoms with Gasteiger partial charge in [0.1, 0.15) is 5.75 Å². The topological polar surface area (TPSA) is 20.2 Å². The van der Waals surface area contributed by atoms with Crippen LogP contribution >= 0.6 is 0 Å². The fourth-order valence-electron chi connectivity index (χ4n) is 1.41. The molecule has 2 aromatic rings. The van der Waals surface area contributed by atoms with E-state index in [4.69, 9.17) is 0 Å². The molecule has 0 aliphatic carbocycles. The molecular weight excluding hydrogens is 249 g/mol. The van der Waals surface area contributed by atoms with E-state index in [0.717, 1.165) is 16.3 Å². The van der Waals surface area contributed by atoms with Crippen molar-refractivity contribution in [3.63, 3.8) is 0 Å². The molecule has 0 aromatic heterocycles. The van der Waals surface area contributed by atoms with E-state index in [1.165, 1.54) is 0 Å². The van der Waals surface area contributed by atoms with Gasteiger partial charge in [0.05, 0.1) is 0 Å². The first-order valence-electron chi connectivity index (χ1n) is 4.15. The van der Waals surface area contributed by atoms with Crippen LogP contribution in [0.2, 0.25) is 0 Å². The van der Waals surface area contributed by atoms with Gasteiger partial charge in [-0.1, -0.05) is 36.9 Å². The second-order valence-corrected chi connectivity index (χ2v) is 2.96. The van der Waals surface area contributed by atoms with Crippen molar-refractivity contribution in [2.45, 2.75) is 0 Å². The normalized spacial score (nSPS) is 9.43. The standard InChI is InChI=1S/C12H10O.Y/c1-2-9-6-7-11-10(8-9)4-3-5-12(11)13;/h2-8,13H,1H2;. The van der Waals surface area contributed by atoms with Gasteiger partial charge in [0.15, 0.2) is 0 Å². The molecule has 0 aliphatic rings. The van der Waals surface area contributed by atoms with E-state index >= 15 is 0 Å². The van der Waals surface area contributed by atoms with Gasteiger partial charge in [0.25, 0.3) is 0 Å². The van der Waals surface area contributed by atoms with Crippen molar-refractivity contribution in [2.75, 3.05) is 0 Å². The summed E-state index contributed by atoms with van der Waals surface area (Å²) < 4.78 is 0. The molecule has 1 N–H and O–H groups in total. The Balaban J connectivity index is 0.000000980. The van der Waals surface area contributed by atoms with Crippen LogP contribution in [0.3, 0.4) is 0 Å². The maximum Gasteiger partial charge on any atom is 0.123 e. The maximum atomic E-state index is 9.51. The van der Waals surface area contributed by atoms with Gasteiger partial charge in [-0.3, -0.25) is 0 Å². The van der Waals surface area contributed by atoms with Crippen molar-refractivity contribution in [1.29, 1.82) is 0 Å². The summed E-state index contributed by atoms with van der Waals surface area (Å²) in [5.74, 6) is 0.327. The van der Waals surface area contributed by atoms with E-state index in [0.29, 0.717) is 5.75 Å². The first kappa shape index (κ1) is 11.4. The molecular formula is C12H10OY. The van der Waals surface area contributed by atoms with Crippen molar-refractivity contribution in [2.24, 2.45) is 0 Å². The zero-order chi connectivity index (χ0) is 9.26. The van der Waals surface area contributed by atoms with Crippen molar-refractivity contribution in [3.8, 4) is 5.75 Å². The van der Waals surface area contributed by atoms with Crippen LogP contribution < -0.4 is 0 Å². The molecule has 0 aliphatic heterocycles. The molecule has 0 unspecified atom stereocenters. The Bertz CT molecular complexity index is 463. The Morgan fingerprint density at radius 3 is 2.64 bits per heavy atom. The van der Waals surface area contributed by atoms with Crippen molar-refractivity contribution in [3.05, 3.63) is 48.5 Å². The Hall–Kier alpha value is -0.656. The van der Waals surface area contributed by atoms with Gasteiger partial charge >= 0.3 is 0 Å². The smallest absolute Gasteiger partial charge is 0.123 e. The Morgan fingerprint density at radius 2 is 1.93 bits per heavy atom. The summed E-state index contributed by atoms with van der Waals surface area (Å²) in [5, 5.41) is 11.4. The van der Waals surface area contributed by atoms with Crippen LogP contribution in [0.5, 0.6) is 5.75 Å². The molecule has 0 heterocycles. The molecule has 1 radical (unpaired) electrons. The average molecular weight is 259 g/mol. The summed E-state index contributed by atoms with van der Waals surface area (Å²) >= 11 is 0. The molecule has 14 heavy (non-hydrogen) atoms. The zero-order valence-electron chi connectivity index (χ0n) is 7.77. The number of hydrogen-bond acceptors (Lipinski definition) is 1. The summed E-state index contributed by atoms with van der Waals surface area (Å²) in [6, 6.07) is 11.3. The summed E-state index contributed by atoms with van der Waals surface area (Å²) in [6.45, 7) is 3.70. The molecule has 0 bridgehead atoms. The predicted molar refractivity (Wildman–Crippen MR) is 55.7 cm³/mol. The molecule has 0 spiro atoms. The van der Waals surface area contributed by atoms with Crippen LogP contribution in [0.25, 0.3) is 16.8 Å². The number of aromatic hydroxyl groups is 1. The summed E-state index contributed by atoms with van der Waals surface area (Å²) in [6.07, 6.45) is 1.80. The van der Waals surface area contributed by atoms with Gasteiger partial charge in [-0.15, -0.1) is 0 Å². The number of fused-ring (bicyclic) bond motifs is 1. The Labute approximate surface area is 108 Å². The summed E-state index contributed by atoms with van der Waals surface area (Å²) in [4.78, 5) is 0. The minimum Gasteiger partial charge on any atom is -0.507 e. The van der Waals surface area contributed by atoms with E-state index in [-0.39, 0.29) is 32.7 Å². The predicted octanol–water partition coefficient (Wildman–Crippen LogP) is 3.19. The van der Waals surface area contributed by atoms with Crippen molar-refractivity contribution >= 4 is 16.8 Å². The van der Waals surface area contributed by atoms with Gasteiger partial charge in [-0.2, -0.15) is 0 Å². The largest absolute Gasteiger partial charge is 0.507 e. The van der Waals surface area contributed by atoms with Crippen LogP contribution in [-0.2, 0) is 32.7 Å². The van der Waals surface area contributed by atoms with Crippen LogP contribution in [0.4, 0.5) is 0 Å². The molecule has 2 heteroatoms. The second kappa shape index (κ2) is 4.72. The van der Waals surface area contributed by atoms with Crippen LogP contribution in [-0.4, -0.2) is 5.11 Å². The number of phenolic OH excluding ortho intramolecular Hbond substituents is 1. The first-order chi connectivity index (χ1) is 6.31. The van der Waals surface area contributed by atoms with Crippen LogP contribution in [0, 0.1) is 0 Å². The van der Waals surface area contributed by atoms with E-state index in [1.54, 1.807) is 12.1 Å². The molecule has 2 rings (SSSR count). The number of phenols is 1. The minimum atomic E-state index is 0. The van der Waals surface area contributed by atoms with Crippen LogP contribution in [0.1, 0.15) is 5.56 Å². The molecule has 67 valence electrons. The fraction of sp³-hybridized carbons (Fsp3) is 0. The summed E-state index contributed by atoms with van der Waals surface area (Å²) in [5.41, 5.74) is 1.07. The minimum absolute atomic E-state index is 0. The molecule has 0 atom stereocenters. The molecule has 0 saturated carbocycles. The molecule has 1 nitrogen and oxygen atoms in total. The SMILES string of the molecule is C=Cc1ccc2c(O)cccc2c1.[Y]. The number of hydrogen-bond donors (Lipinski definition) is 1. The monoisotopic (exact) mass is 259 g/mol.